The number of carbonyl (C=O) groups excluding carboxylic acids is 1. The van der Waals surface area contributed by atoms with Crippen LogP contribution in [0, 0.1) is 29.6 Å². The summed E-state index contributed by atoms with van der Waals surface area (Å²) in [5, 5.41) is 237. The van der Waals surface area contributed by atoms with Gasteiger partial charge in [0.15, 0.2) is 18.5 Å². The first kappa shape index (κ1) is 80.9. The quantitative estimate of drug-likeness (QED) is 0.0374. The summed E-state index contributed by atoms with van der Waals surface area (Å²) in [4.78, 5) is 13.7. The normalized spacial score (nSPS) is 45.0. The maximum atomic E-state index is 13.7. The van der Waals surface area contributed by atoms with E-state index in [2.05, 4.69) is 48.5 Å². The Morgan fingerprint density at radius 3 is 1.47 bits per heavy atom. The van der Waals surface area contributed by atoms with Gasteiger partial charge in [-0.3, -0.25) is 4.79 Å². The molecular weight excluding hydrogens is 1380 g/mol. The monoisotopic (exact) mass is 1480 g/mol. The summed E-state index contributed by atoms with van der Waals surface area (Å²) in [6.07, 6.45) is -46.0. The number of allylic oxidation sites excluding steroid dienone is 5. The first-order valence-corrected chi connectivity index (χ1v) is 35.8. The van der Waals surface area contributed by atoms with Crippen LogP contribution in [0.15, 0.2) is 73.4 Å². The summed E-state index contributed by atoms with van der Waals surface area (Å²) < 4.78 is 64.1. The van der Waals surface area contributed by atoms with E-state index in [4.69, 9.17) is 47.4 Å². The average molecular weight is 1480 g/mol. The van der Waals surface area contributed by atoms with Crippen molar-refractivity contribution in [1.29, 1.82) is 0 Å². The molecule has 0 radical (unpaired) electrons. The van der Waals surface area contributed by atoms with Gasteiger partial charge in [0.25, 0.3) is 0 Å². The number of carbonyl (C=O) groups is 1. The van der Waals surface area contributed by atoms with E-state index >= 15 is 0 Å². The third kappa shape index (κ3) is 15.4. The number of ether oxygens (including phenoxy) is 10. The van der Waals surface area contributed by atoms with E-state index in [0.717, 1.165) is 27.7 Å². The zero-order valence-corrected chi connectivity index (χ0v) is 57.8. The minimum Gasteiger partial charge on any atom is -0.394 e. The molecule has 18 fully saturated rings. The standard InChI is InChI=1S/C71H104N2O31/c1-4-5-6-7-15-41-71(2,3)48-31-13-9-8-12-30(31)16-17-32(48)73(41)20-18-42(81)72-19-11-22-96-69-61(94)62-39(28-79)103-70(69)104-63-40(29-80)102-68(60(93)59(63)92)47-38(27-78)101-67(58(91)54(47)87)46-37(26-77)100-66(57(90)53(46)86)45-36(25-76)99-65(56(89)52(45)85)44-35(24-75)98-64(55(88)51(44)84)43-34(23-74)97-33(14-10-21-95-62)49(82)50(43)83/h4-9,12-13,15-17,33-40,43-47,49-70,74-80,82-94H,1,10-11,14,18-29H2,2-3H3/p+1/b6-5+,15-7+/t33-,34-,35-,36-,37-,38-,39-,40-,43?,44?,45?,46?,47?,49+,50+,51+,52+,53+,54+,55-,56-,57-,58-,59-,60-,61+,62-,63?,64-,65-,66-,67-,68-,69-,70?/m1/s1. The van der Waals surface area contributed by atoms with Crippen LogP contribution in [0.5, 0.6) is 0 Å². The predicted molar refractivity (Wildman–Crippen MR) is 357 cm³/mol. The van der Waals surface area contributed by atoms with Gasteiger partial charge in [-0.25, -0.2) is 0 Å². The number of aliphatic hydroxyl groups is 20. The third-order valence-corrected chi connectivity index (χ3v) is 22.9. The summed E-state index contributed by atoms with van der Waals surface area (Å²) in [7, 11) is 0. The second-order valence-corrected chi connectivity index (χ2v) is 29.2. The minimum absolute atomic E-state index is 0.0277. The van der Waals surface area contributed by atoms with Crippen LogP contribution in [0.3, 0.4) is 0 Å². The molecule has 1 amide bonds. The average Bonchev–Trinajstić information content (AvgIpc) is 1.40. The Hall–Kier alpha value is -4.14. The molecular formula is C71H105N2O31+. The Morgan fingerprint density at radius 2 is 0.971 bits per heavy atom. The first-order chi connectivity index (χ1) is 49.9. The van der Waals surface area contributed by atoms with Crippen molar-refractivity contribution in [3.63, 3.8) is 0 Å². The van der Waals surface area contributed by atoms with Gasteiger partial charge in [-0.15, -0.1) is 0 Å². The molecule has 0 spiro atoms. The first-order valence-electron chi connectivity index (χ1n) is 35.8. The maximum Gasteiger partial charge on any atom is 0.226 e. The molecule has 21 N–H and O–H groups in total. The van der Waals surface area contributed by atoms with Crippen LogP contribution in [-0.2, 0) is 57.6 Å². The SMILES string of the molecule is C=C/C=C/C=C/C1=[N+](CCC(=O)NCCCO[C@H]2C3OC4[C@@H](CO)O[C@H](C5[C@@H](CO)O[C@H](C6[C@@H](CO)O[C@H](C7[C@@H](CO)O[C@H](C8[C@@H](CO)O[C@H](C9[C@@H](CO)O[C@H](CCCO[C@@H]([C@@H]2O)[C@@H](CO)O3)[C@H](O)[C@H]9O)[C@H](O)[C@H]8O)[C@H](O)[C@H]7O)[C@H](O)[C@H]6O)[C@H](O)[C@H]5O)[C@H](O)[C@H]4O)c2ccc3ccccc3c2C1(C)C. The van der Waals surface area contributed by atoms with Crippen molar-refractivity contribution in [2.45, 2.75) is 228 Å². The second kappa shape index (κ2) is 34.8. The van der Waals surface area contributed by atoms with Crippen LogP contribution in [0.25, 0.3) is 10.8 Å². The molecule has 104 heavy (non-hydrogen) atoms. The number of nitrogens with one attached hydrogen (secondary N) is 1. The third-order valence-electron chi connectivity index (χ3n) is 22.9. The predicted octanol–water partition coefficient (Wildman–Crippen LogP) is -7.59. The van der Waals surface area contributed by atoms with Crippen LogP contribution < -0.4 is 5.32 Å². The molecule has 0 aliphatic carbocycles. The Morgan fingerprint density at radius 1 is 0.519 bits per heavy atom. The molecule has 14 bridgehead atoms. The molecule has 33 heteroatoms. The number of fused-ring (bicyclic) bond motifs is 4. The number of hydrogen-bond donors (Lipinski definition) is 21. The number of benzene rings is 2. The van der Waals surface area contributed by atoms with Gasteiger partial charge in [-0.1, -0.05) is 55.1 Å². The Kier molecular flexibility index (Phi) is 27.1. The Labute approximate surface area is 599 Å². The molecule has 0 saturated carbocycles. The maximum absolute atomic E-state index is 13.7. The van der Waals surface area contributed by atoms with Gasteiger partial charge in [0.1, 0.15) is 79.4 Å². The number of amides is 1. The van der Waals surface area contributed by atoms with Crippen molar-refractivity contribution in [2.75, 3.05) is 72.6 Å². The Balaban J connectivity index is 0.849. The lowest BCUT2D eigenvalue weighted by molar-refractivity contribution is -0.436. The van der Waals surface area contributed by atoms with Crippen molar-refractivity contribution >= 4 is 28.1 Å². The summed E-state index contributed by atoms with van der Waals surface area (Å²) in [6, 6.07) is 12.2. The van der Waals surface area contributed by atoms with Gasteiger partial charge in [0.05, 0.1) is 156 Å². The molecule has 0 aromatic heterocycles. The van der Waals surface area contributed by atoms with Crippen LogP contribution in [0.1, 0.15) is 45.1 Å². The molecule has 18 saturated heterocycles. The van der Waals surface area contributed by atoms with Crippen molar-refractivity contribution in [1.82, 2.24) is 5.32 Å². The highest BCUT2D eigenvalue weighted by molar-refractivity contribution is 6.07. The highest BCUT2D eigenvalue weighted by atomic mass is 16.7. The number of aliphatic hydroxyl groups excluding tert-OH is 20. The molecule has 19 aliphatic rings. The molecule has 2 aromatic rings. The van der Waals surface area contributed by atoms with Gasteiger partial charge in [0, 0.05) is 67.1 Å². The largest absolute Gasteiger partial charge is 0.394 e. The number of nitrogens with zero attached hydrogens (tertiary/aromatic N) is 1. The fraction of sp³-hybridized carbons (Fsp3) is 0.746. The Bertz CT molecular complexity index is 3250. The van der Waals surface area contributed by atoms with Crippen molar-refractivity contribution in [3.8, 4) is 0 Å². The molecule has 584 valence electrons. The lowest BCUT2D eigenvalue weighted by Gasteiger charge is -2.56. The molecule has 19 aliphatic heterocycles. The lowest BCUT2D eigenvalue weighted by Crippen LogP contribution is -2.73. The van der Waals surface area contributed by atoms with Crippen LogP contribution >= 0.6 is 0 Å². The van der Waals surface area contributed by atoms with Gasteiger partial charge in [0.2, 0.25) is 11.6 Å². The molecule has 7 unspecified atom stereocenters. The van der Waals surface area contributed by atoms with E-state index < -0.39 is 265 Å². The zero-order valence-electron chi connectivity index (χ0n) is 57.8. The minimum atomic E-state index is -2.19. The van der Waals surface area contributed by atoms with Crippen molar-refractivity contribution in [2.24, 2.45) is 29.6 Å². The fourth-order valence-corrected chi connectivity index (χ4v) is 17.7. The van der Waals surface area contributed by atoms with Crippen LogP contribution in [0.2, 0.25) is 0 Å². The van der Waals surface area contributed by atoms with Crippen molar-refractivity contribution in [3.05, 3.63) is 78.9 Å². The topological polar surface area (TPSA) is 529 Å². The fourth-order valence-electron chi connectivity index (χ4n) is 17.7. The summed E-state index contributed by atoms with van der Waals surface area (Å²) in [5.74, 6) is -8.68. The van der Waals surface area contributed by atoms with E-state index in [1.165, 1.54) is 0 Å². The van der Waals surface area contributed by atoms with Gasteiger partial charge >= 0.3 is 0 Å². The number of hydrogen-bond acceptors (Lipinski definition) is 31. The van der Waals surface area contributed by atoms with E-state index in [0.29, 0.717) is 6.54 Å². The van der Waals surface area contributed by atoms with Crippen molar-refractivity contribution < 1.29 is 159 Å². The summed E-state index contributed by atoms with van der Waals surface area (Å²) in [5.41, 5.74) is 2.60. The summed E-state index contributed by atoms with van der Waals surface area (Å²) >= 11 is 0. The lowest BCUT2D eigenvalue weighted by atomic mass is 9.69. The van der Waals surface area contributed by atoms with Gasteiger partial charge in [-0.2, -0.15) is 4.58 Å². The highest BCUT2D eigenvalue weighted by Gasteiger charge is 2.65. The van der Waals surface area contributed by atoms with E-state index in [1.807, 2.05) is 42.5 Å². The van der Waals surface area contributed by atoms with E-state index in [-0.39, 0.29) is 51.3 Å². The highest BCUT2D eigenvalue weighted by Crippen LogP contribution is 2.49. The zero-order chi connectivity index (χ0) is 74.9. The van der Waals surface area contributed by atoms with Gasteiger partial charge in [-0.05, 0) is 49.9 Å². The molecule has 33 nitrogen and oxygen atoms in total. The van der Waals surface area contributed by atoms with E-state index in [1.54, 1.807) is 6.08 Å². The smallest absolute Gasteiger partial charge is 0.226 e. The summed E-state index contributed by atoms with van der Waals surface area (Å²) in [6.45, 7) is 1.07. The molecule has 21 rings (SSSR count). The van der Waals surface area contributed by atoms with E-state index in [9.17, 15) is 107 Å². The molecule has 19 heterocycles. The van der Waals surface area contributed by atoms with Gasteiger partial charge < -0.3 is 155 Å². The number of rotatable bonds is 18. The molecule has 2 aromatic carbocycles. The second-order valence-electron chi connectivity index (χ2n) is 29.2. The van der Waals surface area contributed by atoms with Crippen LogP contribution in [0.4, 0.5) is 5.69 Å². The molecule has 35 atom stereocenters. The van der Waals surface area contributed by atoms with Crippen LogP contribution in [-0.4, -0.2) is 374 Å².